The highest BCUT2D eigenvalue weighted by Crippen LogP contribution is 2.44. The summed E-state index contributed by atoms with van der Waals surface area (Å²) in [5, 5.41) is 7.78. The zero-order chi connectivity index (χ0) is 16.3. The molecule has 1 heterocycles. The van der Waals surface area contributed by atoms with Crippen LogP contribution >= 0.6 is 0 Å². The van der Waals surface area contributed by atoms with Crippen molar-refractivity contribution in [1.82, 2.24) is 5.01 Å². The van der Waals surface area contributed by atoms with Crippen molar-refractivity contribution in [3.63, 3.8) is 0 Å². The predicted molar refractivity (Wildman–Crippen MR) is 96.0 cm³/mol. The van der Waals surface area contributed by atoms with E-state index in [2.05, 4.69) is 52.7 Å². The van der Waals surface area contributed by atoms with E-state index in [0.717, 1.165) is 19.6 Å². The molecule has 1 saturated heterocycles. The van der Waals surface area contributed by atoms with Gasteiger partial charge in [-0.15, -0.1) is 0 Å². The summed E-state index contributed by atoms with van der Waals surface area (Å²) in [4.78, 5) is 0. The van der Waals surface area contributed by atoms with Gasteiger partial charge in [-0.1, -0.05) is 47.7 Å². The van der Waals surface area contributed by atoms with E-state index >= 15 is 0 Å². The molecule has 0 radical (unpaired) electrons. The van der Waals surface area contributed by atoms with Crippen molar-refractivity contribution in [3.8, 4) is 0 Å². The Kier molecular flexibility index (Phi) is 6.48. The first-order chi connectivity index (χ1) is 9.65. The number of nitrogens with zero attached hydrogens (tertiary/aromatic N) is 2. The van der Waals surface area contributed by atoms with Crippen molar-refractivity contribution in [3.05, 3.63) is 0 Å². The summed E-state index contributed by atoms with van der Waals surface area (Å²) >= 11 is 0. The zero-order valence-electron chi connectivity index (χ0n) is 15.5. The number of hydrogen-bond acceptors (Lipinski definition) is 3. The van der Waals surface area contributed by atoms with E-state index in [1.807, 2.05) is 0 Å². The number of methoxy groups -OCH3 is 1. The minimum Gasteiger partial charge on any atom is -0.382 e. The Bertz CT molecular complexity index is 360. The van der Waals surface area contributed by atoms with Crippen LogP contribution < -0.4 is 0 Å². The molecule has 1 fully saturated rings. The van der Waals surface area contributed by atoms with Gasteiger partial charge in [-0.2, -0.15) is 5.10 Å². The molecule has 3 nitrogen and oxygen atoms in total. The Balaban J connectivity index is 2.93. The maximum absolute atomic E-state index is 5.35. The van der Waals surface area contributed by atoms with Crippen LogP contribution in [0.2, 0.25) is 23.7 Å². The van der Waals surface area contributed by atoms with Crippen molar-refractivity contribution in [2.75, 3.05) is 20.3 Å². The maximum Gasteiger partial charge on any atom is 0.0704 e. The van der Waals surface area contributed by atoms with Crippen molar-refractivity contribution >= 4 is 13.8 Å². The second kappa shape index (κ2) is 7.27. The smallest absolute Gasteiger partial charge is 0.0704 e. The number of ether oxygens (including phenoxy) is 1. The van der Waals surface area contributed by atoms with Gasteiger partial charge in [-0.05, 0) is 29.8 Å². The Labute approximate surface area is 133 Å². The van der Waals surface area contributed by atoms with Crippen molar-refractivity contribution in [2.45, 2.75) is 83.6 Å². The Morgan fingerprint density at radius 1 is 1.38 bits per heavy atom. The Morgan fingerprint density at radius 2 is 2.00 bits per heavy atom. The lowest BCUT2D eigenvalue weighted by atomic mass is 10.2. The number of hydrazone groups is 1. The van der Waals surface area contributed by atoms with E-state index < -0.39 is 8.07 Å². The molecule has 124 valence electrons. The summed E-state index contributed by atoms with van der Waals surface area (Å²) < 4.78 is 5.35. The zero-order valence-corrected chi connectivity index (χ0v) is 16.5. The molecule has 0 N–H and O–H groups in total. The van der Waals surface area contributed by atoms with Crippen LogP contribution in [0.3, 0.4) is 0 Å². The van der Waals surface area contributed by atoms with E-state index in [1.54, 1.807) is 7.11 Å². The van der Waals surface area contributed by atoms with Gasteiger partial charge in [0.05, 0.1) is 20.7 Å². The number of rotatable bonds is 6. The summed E-state index contributed by atoms with van der Waals surface area (Å²) in [7, 11) is 0.397. The molecule has 0 saturated carbocycles. The van der Waals surface area contributed by atoms with Crippen LogP contribution in [-0.4, -0.2) is 45.1 Å². The van der Waals surface area contributed by atoms with Gasteiger partial charge in [0.25, 0.3) is 0 Å². The molecular formula is C17H36N2OSi. The minimum absolute atomic E-state index is 0.402. The topological polar surface area (TPSA) is 24.8 Å². The molecule has 21 heavy (non-hydrogen) atoms. The average Bonchev–Trinajstić information content (AvgIpc) is 2.81. The van der Waals surface area contributed by atoms with Gasteiger partial charge in [0.2, 0.25) is 0 Å². The van der Waals surface area contributed by atoms with Gasteiger partial charge in [0.15, 0.2) is 0 Å². The lowest BCUT2D eigenvalue weighted by Gasteiger charge is -2.42. The molecule has 4 heteroatoms. The molecule has 1 aliphatic heterocycles. The second-order valence-corrected chi connectivity index (χ2v) is 13.9. The summed E-state index contributed by atoms with van der Waals surface area (Å²) in [5.41, 5.74) is 2.01. The van der Waals surface area contributed by atoms with Crippen molar-refractivity contribution in [2.24, 2.45) is 5.10 Å². The molecule has 0 aromatic rings. The molecule has 1 aliphatic rings. The van der Waals surface area contributed by atoms with Gasteiger partial charge in [0, 0.05) is 19.4 Å². The SMILES string of the molecule is CCC(=NN1CCC[C@H]1COC)[C@H](C)[Si](C)(C)C(C)(C)C. The van der Waals surface area contributed by atoms with Crippen LogP contribution in [0.25, 0.3) is 0 Å². The Hall–Kier alpha value is -0.353. The minimum atomic E-state index is -1.39. The molecule has 0 unspecified atom stereocenters. The first-order valence-electron chi connectivity index (χ1n) is 8.48. The molecule has 0 aromatic carbocycles. The van der Waals surface area contributed by atoms with E-state index in [9.17, 15) is 0 Å². The first kappa shape index (κ1) is 18.7. The molecule has 0 aromatic heterocycles. The van der Waals surface area contributed by atoms with E-state index in [0.29, 0.717) is 16.6 Å². The quantitative estimate of drug-likeness (QED) is 0.521. The normalized spacial score (nSPS) is 22.8. The van der Waals surface area contributed by atoms with E-state index in [1.165, 1.54) is 18.6 Å². The lowest BCUT2D eigenvalue weighted by Crippen LogP contribution is -2.44. The van der Waals surface area contributed by atoms with Gasteiger partial charge in [0.1, 0.15) is 0 Å². The largest absolute Gasteiger partial charge is 0.382 e. The monoisotopic (exact) mass is 312 g/mol. The van der Waals surface area contributed by atoms with Crippen LogP contribution in [0.4, 0.5) is 0 Å². The third-order valence-electron chi connectivity index (χ3n) is 5.84. The fourth-order valence-corrected chi connectivity index (χ4v) is 5.40. The highest BCUT2D eigenvalue weighted by Gasteiger charge is 2.41. The van der Waals surface area contributed by atoms with Gasteiger partial charge >= 0.3 is 0 Å². The van der Waals surface area contributed by atoms with Crippen molar-refractivity contribution < 1.29 is 4.74 Å². The van der Waals surface area contributed by atoms with Gasteiger partial charge in [-0.25, -0.2) is 0 Å². The molecule has 1 rings (SSSR count). The van der Waals surface area contributed by atoms with Crippen molar-refractivity contribution in [1.29, 1.82) is 0 Å². The van der Waals surface area contributed by atoms with Crippen LogP contribution in [0.1, 0.15) is 53.9 Å². The molecule has 0 spiro atoms. The van der Waals surface area contributed by atoms with Crippen LogP contribution in [0, 0.1) is 0 Å². The summed E-state index contributed by atoms with van der Waals surface area (Å²) in [5.74, 6) is 0. The first-order valence-corrected chi connectivity index (χ1v) is 11.6. The van der Waals surface area contributed by atoms with Crippen LogP contribution in [-0.2, 0) is 4.74 Å². The Morgan fingerprint density at radius 3 is 2.48 bits per heavy atom. The maximum atomic E-state index is 5.35. The lowest BCUT2D eigenvalue weighted by molar-refractivity contribution is 0.117. The van der Waals surface area contributed by atoms with Gasteiger partial charge in [-0.3, -0.25) is 5.01 Å². The predicted octanol–water partition coefficient (Wildman–Crippen LogP) is 4.76. The molecule has 2 atom stereocenters. The molecular weight excluding hydrogens is 276 g/mol. The van der Waals surface area contributed by atoms with Crippen LogP contribution in [0.15, 0.2) is 5.10 Å². The van der Waals surface area contributed by atoms with Gasteiger partial charge < -0.3 is 4.74 Å². The number of hydrogen-bond donors (Lipinski definition) is 0. The second-order valence-electron chi connectivity index (χ2n) is 8.05. The highest BCUT2D eigenvalue weighted by molar-refractivity contribution is 6.84. The van der Waals surface area contributed by atoms with Crippen LogP contribution in [0.5, 0.6) is 0 Å². The summed E-state index contributed by atoms with van der Waals surface area (Å²) in [6.45, 7) is 18.8. The third kappa shape index (κ3) is 4.32. The molecule has 0 amide bonds. The van der Waals surface area contributed by atoms with E-state index in [-0.39, 0.29) is 0 Å². The fraction of sp³-hybridized carbons (Fsp3) is 0.941. The standard InChI is InChI=1S/C17H36N2OSi/c1-9-16(14(2)21(7,8)17(3,4)5)18-19-12-10-11-15(19)13-20-6/h14-15H,9-13H2,1-8H3/t14-,15-/m0/s1. The summed E-state index contributed by atoms with van der Waals surface area (Å²) in [6.07, 6.45) is 3.51. The molecule has 0 aliphatic carbocycles. The fourth-order valence-electron chi connectivity index (χ4n) is 3.01. The highest BCUT2D eigenvalue weighted by atomic mass is 28.3. The molecule has 0 bridgehead atoms. The summed E-state index contributed by atoms with van der Waals surface area (Å²) in [6, 6.07) is 0.475. The third-order valence-corrected chi connectivity index (χ3v) is 12.2. The van der Waals surface area contributed by atoms with E-state index in [4.69, 9.17) is 9.84 Å². The average molecular weight is 313 g/mol.